The lowest BCUT2D eigenvalue weighted by atomic mass is 9.83. The van der Waals surface area contributed by atoms with Gasteiger partial charge in [-0.25, -0.2) is 0 Å². The van der Waals surface area contributed by atoms with Crippen molar-refractivity contribution in [3.8, 4) is 0 Å². The molecule has 1 aliphatic carbocycles. The van der Waals surface area contributed by atoms with Gasteiger partial charge in [0.15, 0.2) is 0 Å². The highest BCUT2D eigenvalue weighted by Gasteiger charge is 2.19. The molecule has 0 bridgehead atoms. The van der Waals surface area contributed by atoms with Crippen LogP contribution in [0.5, 0.6) is 0 Å². The van der Waals surface area contributed by atoms with Crippen molar-refractivity contribution in [1.29, 1.82) is 0 Å². The summed E-state index contributed by atoms with van der Waals surface area (Å²) in [4.78, 5) is 4.81. The van der Waals surface area contributed by atoms with E-state index in [1.807, 2.05) is 0 Å². The summed E-state index contributed by atoms with van der Waals surface area (Å²) in [7, 11) is 0. The Bertz CT molecular complexity index is 530. The van der Waals surface area contributed by atoms with Crippen LogP contribution in [0.25, 0.3) is 10.9 Å². The second-order valence-corrected chi connectivity index (χ2v) is 5.18. The first-order valence-electron chi connectivity index (χ1n) is 6.74. The minimum Gasteiger partial charge on any atom is -0.253 e. The summed E-state index contributed by atoms with van der Waals surface area (Å²) in [6.45, 7) is 2.29. The third-order valence-electron chi connectivity index (χ3n) is 3.89. The Morgan fingerprint density at radius 2 is 2.18 bits per heavy atom. The zero-order chi connectivity index (χ0) is 11.7. The minimum atomic E-state index is 0.885. The topological polar surface area (TPSA) is 12.9 Å². The third-order valence-corrected chi connectivity index (χ3v) is 3.89. The Morgan fingerprint density at radius 1 is 1.29 bits per heavy atom. The van der Waals surface area contributed by atoms with E-state index in [2.05, 4.69) is 37.3 Å². The van der Waals surface area contributed by atoms with Crippen LogP contribution in [0, 0.1) is 5.92 Å². The van der Waals surface area contributed by atoms with Gasteiger partial charge in [-0.3, -0.25) is 4.98 Å². The normalized spacial score (nSPS) is 19.2. The first-order valence-corrected chi connectivity index (χ1v) is 6.74. The number of rotatable bonds is 2. The van der Waals surface area contributed by atoms with Crippen molar-refractivity contribution < 1.29 is 0 Å². The highest BCUT2D eigenvalue weighted by Crippen LogP contribution is 2.29. The molecule has 1 nitrogen and oxygen atoms in total. The fourth-order valence-corrected chi connectivity index (χ4v) is 3.00. The largest absolute Gasteiger partial charge is 0.253 e. The van der Waals surface area contributed by atoms with E-state index in [0.717, 1.165) is 11.4 Å². The van der Waals surface area contributed by atoms with Crippen molar-refractivity contribution in [2.24, 2.45) is 5.92 Å². The van der Waals surface area contributed by atoms with E-state index in [1.54, 1.807) is 0 Å². The van der Waals surface area contributed by atoms with E-state index >= 15 is 0 Å². The van der Waals surface area contributed by atoms with Crippen LogP contribution in [0.2, 0.25) is 0 Å². The molecule has 1 heterocycles. The fourth-order valence-electron chi connectivity index (χ4n) is 3.00. The van der Waals surface area contributed by atoms with E-state index in [0.29, 0.717) is 0 Å². The van der Waals surface area contributed by atoms with Crippen LogP contribution in [-0.4, -0.2) is 4.98 Å². The molecule has 0 unspecified atom stereocenters. The number of aryl methyl sites for hydroxylation is 1. The van der Waals surface area contributed by atoms with Crippen molar-refractivity contribution in [2.45, 2.75) is 39.0 Å². The zero-order valence-electron chi connectivity index (χ0n) is 10.4. The standard InChI is InChI=1S/C16H19N/c1-2-5-12-8-9-16-14(10-12)11-13-6-3-4-7-15(13)17-16/h3-4,6-7,11-12H,2,5,8-10H2,1H3/t12-/m0/s1. The van der Waals surface area contributed by atoms with Crippen molar-refractivity contribution in [1.82, 2.24) is 4.98 Å². The number of fused-ring (bicyclic) bond motifs is 2. The number of aromatic nitrogens is 1. The maximum absolute atomic E-state index is 4.81. The molecule has 88 valence electrons. The summed E-state index contributed by atoms with van der Waals surface area (Å²) in [5.74, 6) is 0.885. The first-order chi connectivity index (χ1) is 8.36. The van der Waals surface area contributed by atoms with Crippen LogP contribution < -0.4 is 0 Å². The zero-order valence-corrected chi connectivity index (χ0v) is 10.4. The molecule has 17 heavy (non-hydrogen) atoms. The number of pyridine rings is 1. The molecule has 0 N–H and O–H groups in total. The summed E-state index contributed by atoms with van der Waals surface area (Å²) in [5, 5.41) is 1.29. The number of benzene rings is 1. The average molecular weight is 225 g/mol. The number of hydrogen-bond donors (Lipinski definition) is 0. The van der Waals surface area contributed by atoms with Gasteiger partial charge in [0.2, 0.25) is 0 Å². The van der Waals surface area contributed by atoms with Crippen LogP contribution in [0.4, 0.5) is 0 Å². The molecule has 3 rings (SSSR count). The summed E-state index contributed by atoms with van der Waals surface area (Å²) in [5.41, 5.74) is 3.99. The molecular weight excluding hydrogens is 206 g/mol. The van der Waals surface area contributed by atoms with Crippen LogP contribution in [0.15, 0.2) is 30.3 Å². The summed E-state index contributed by atoms with van der Waals surface area (Å²) in [6, 6.07) is 10.8. The van der Waals surface area contributed by atoms with Crippen molar-refractivity contribution in [3.63, 3.8) is 0 Å². The molecule has 1 atom stereocenters. The quantitative estimate of drug-likeness (QED) is 0.748. The smallest absolute Gasteiger partial charge is 0.0705 e. The third kappa shape index (κ3) is 2.06. The lowest BCUT2D eigenvalue weighted by Crippen LogP contribution is -2.15. The summed E-state index contributed by atoms with van der Waals surface area (Å²) < 4.78 is 0. The predicted molar refractivity (Wildman–Crippen MR) is 72.2 cm³/mol. The Hall–Kier alpha value is -1.37. The molecule has 0 saturated heterocycles. The fraction of sp³-hybridized carbons (Fsp3) is 0.438. The Labute approximate surface area is 103 Å². The van der Waals surface area contributed by atoms with Gasteiger partial charge in [-0.05, 0) is 42.9 Å². The van der Waals surface area contributed by atoms with E-state index in [4.69, 9.17) is 4.98 Å². The maximum atomic E-state index is 4.81. The Morgan fingerprint density at radius 3 is 3.06 bits per heavy atom. The molecule has 0 amide bonds. The predicted octanol–water partition coefficient (Wildman–Crippen LogP) is 4.14. The van der Waals surface area contributed by atoms with Gasteiger partial charge < -0.3 is 0 Å². The van der Waals surface area contributed by atoms with Gasteiger partial charge in [-0.15, -0.1) is 0 Å². The second kappa shape index (κ2) is 4.48. The van der Waals surface area contributed by atoms with E-state index < -0.39 is 0 Å². The monoisotopic (exact) mass is 225 g/mol. The van der Waals surface area contributed by atoms with Gasteiger partial charge in [0.25, 0.3) is 0 Å². The second-order valence-electron chi connectivity index (χ2n) is 5.18. The molecule has 2 aromatic rings. The molecule has 1 heteroatoms. The van der Waals surface area contributed by atoms with Crippen LogP contribution in [0.3, 0.4) is 0 Å². The molecule has 0 fully saturated rings. The van der Waals surface area contributed by atoms with Gasteiger partial charge >= 0.3 is 0 Å². The molecule has 1 aliphatic rings. The van der Waals surface area contributed by atoms with Gasteiger partial charge in [0, 0.05) is 11.1 Å². The van der Waals surface area contributed by atoms with Gasteiger partial charge in [-0.2, -0.15) is 0 Å². The first kappa shape index (κ1) is 10.8. The molecule has 0 aliphatic heterocycles. The Balaban J connectivity index is 1.99. The van der Waals surface area contributed by atoms with E-state index in [-0.39, 0.29) is 0 Å². The molecule has 0 spiro atoms. The average Bonchev–Trinajstić information content (AvgIpc) is 2.36. The Kier molecular flexibility index (Phi) is 2.84. The van der Waals surface area contributed by atoms with Crippen molar-refractivity contribution >= 4 is 10.9 Å². The summed E-state index contributed by atoms with van der Waals surface area (Å²) >= 11 is 0. The summed E-state index contributed by atoms with van der Waals surface area (Å²) in [6.07, 6.45) is 6.41. The lowest BCUT2D eigenvalue weighted by molar-refractivity contribution is 0.419. The van der Waals surface area contributed by atoms with E-state index in [9.17, 15) is 0 Å². The number of hydrogen-bond acceptors (Lipinski definition) is 1. The van der Waals surface area contributed by atoms with Crippen molar-refractivity contribution in [3.05, 3.63) is 41.6 Å². The molecular formula is C16H19N. The van der Waals surface area contributed by atoms with Crippen LogP contribution >= 0.6 is 0 Å². The minimum absolute atomic E-state index is 0.885. The lowest BCUT2D eigenvalue weighted by Gasteiger charge is -2.23. The number of nitrogens with zero attached hydrogens (tertiary/aromatic N) is 1. The maximum Gasteiger partial charge on any atom is 0.0705 e. The van der Waals surface area contributed by atoms with Gasteiger partial charge in [0.1, 0.15) is 0 Å². The highest BCUT2D eigenvalue weighted by atomic mass is 14.7. The molecule has 1 aromatic heterocycles. The number of para-hydroxylation sites is 1. The SMILES string of the molecule is CCC[C@H]1CCc2nc3ccccc3cc2C1. The molecule has 1 aromatic carbocycles. The molecule has 0 saturated carbocycles. The van der Waals surface area contributed by atoms with E-state index in [1.165, 1.54) is 48.7 Å². The van der Waals surface area contributed by atoms with Crippen LogP contribution in [0.1, 0.15) is 37.4 Å². The van der Waals surface area contributed by atoms with Gasteiger partial charge in [-0.1, -0.05) is 38.0 Å². The highest BCUT2D eigenvalue weighted by molar-refractivity contribution is 5.79. The molecule has 0 radical (unpaired) electrons. The van der Waals surface area contributed by atoms with Crippen molar-refractivity contribution in [2.75, 3.05) is 0 Å². The van der Waals surface area contributed by atoms with Crippen LogP contribution in [-0.2, 0) is 12.8 Å². The van der Waals surface area contributed by atoms with Gasteiger partial charge in [0.05, 0.1) is 5.52 Å².